The smallest absolute Gasteiger partial charge is 0.143 e. The van der Waals surface area contributed by atoms with E-state index in [1.165, 1.54) is 25.7 Å². The van der Waals surface area contributed by atoms with Gasteiger partial charge >= 0.3 is 0 Å². The maximum absolute atomic E-state index is 15.4. The van der Waals surface area contributed by atoms with Crippen molar-refractivity contribution in [3.8, 4) is 11.1 Å². The van der Waals surface area contributed by atoms with E-state index in [1.807, 2.05) is 54.6 Å². The highest BCUT2D eigenvalue weighted by molar-refractivity contribution is 5.63. The Hall–Kier alpha value is -2.22. The quantitative estimate of drug-likeness (QED) is 0.250. The molecular weight excluding hydrogens is 386 g/mol. The molecule has 1 aliphatic rings. The molecule has 0 bridgehead atoms. The molecule has 0 aliphatic heterocycles. The van der Waals surface area contributed by atoms with Crippen molar-refractivity contribution in [2.75, 3.05) is 0 Å². The topological polar surface area (TPSA) is 0 Å². The molecule has 1 aliphatic carbocycles. The van der Waals surface area contributed by atoms with E-state index in [2.05, 4.69) is 26.0 Å². The number of hydrogen-bond acceptors (Lipinski definition) is 0. The van der Waals surface area contributed by atoms with Crippen LogP contribution in [-0.2, 0) is 0 Å². The molecular formula is C29H36F2. The Balaban J connectivity index is 1.73. The van der Waals surface area contributed by atoms with Gasteiger partial charge in [-0.3, -0.25) is 0 Å². The van der Waals surface area contributed by atoms with Crippen molar-refractivity contribution in [1.29, 1.82) is 0 Å². The number of unbranched alkanes of at least 4 members (excludes halogenated alkanes) is 5. The van der Waals surface area contributed by atoms with Gasteiger partial charge in [0, 0.05) is 5.41 Å². The van der Waals surface area contributed by atoms with Gasteiger partial charge in [-0.2, -0.15) is 0 Å². The Bertz CT molecular complexity index is 863. The van der Waals surface area contributed by atoms with Gasteiger partial charge in [0.2, 0.25) is 0 Å². The van der Waals surface area contributed by atoms with Gasteiger partial charge < -0.3 is 0 Å². The van der Waals surface area contributed by atoms with Crippen LogP contribution in [0.2, 0.25) is 0 Å². The van der Waals surface area contributed by atoms with Gasteiger partial charge in [-0.1, -0.05) is 126 Å². The van der Waals surface area contributed by atoms with Crippen LogP contribution in [0, 0.1) is 5.41 Å². The molecule has 0 fully saturated rings. The first-order chi connectivity index (χ1) is 15.1. The minimum atomic E-state index is -0.760. The molecule has 0 saturated carbocycles. The van der Waals surface area contributed by atoms with E-state index in [9.17, 15) is 0 Å². The first-order valence-corrected chi connectivity index (χ1v) is 12.0. The van der Waals surface area contributed by atoms with Crippen LogP contribution >= 0.6 is 0 Å². The Labute approximate surface area is 187 Å². The van der Waals surface area contributed by atoms with E-state index in [4.69, 9.17) is 0 Å². The van der Waals surface area contributed by atoms with Gasteiger partial charge in [0.25, 0.3) is 0 Å². The third-order valence-electron chi connectivity index (χ3n) is 6.58. The standard InChI is InChI=1S/C29H36F2/c1-3-5-6-7-8-12-21-29(20-4-2)22-19-26(27(30)28(29)31)25-17-15-24(16-18-25)23-13-10-9-11-14-23/h9-11,13-19,22,26H,3-8,12,20-21H2,1-2H3. The molecule has 2 aromatic carbocycles. The van der Waals surface area contributed by atoms with Gasteiger partial charge in [0.05, 0.1) is 5.92 Å². The van der Waals surface area contributed by atoms with Crippen molar-refractivity contribution in [2.24, 2.45) is 5.41 Å². The molecule has 0 amide bonds. The molecule has 2 heteroatoms. The highest BCUT2D eigenvalue weighted by Crippen LogP contribution is 2.49. The van der Waals surface area contributed by atoms with E-state index in [0.717, 1.165) is 36.0 Å². The lowest BCUT2D eigenvalue weighted by Crippen LogP contribution is -2.24. The molecule has 0 spiro atoms. The number of rotatable bonds is 11. The molecule has 2 unspecified atom stereocenters. The minimum Gasteiger partial charge on any atom is -0.208 e. The maximum Gasteiger partial charge on any atom is 0.143 e. The average Bonchev–Trinajstić information content (AvgIpc) is 2.81. The molecule has 31 heavy (non-hydrogen) atoms. The zero-order valence-electron chi connectivity index (χ0n) is 19.0. The van der Waals surface area contributed by atoms with Crippen molar-refractivity contribution in [3.63, 3.8) is 0 Å². The maximum atomic E-state index is 15.4. The summed E-state index contributed by atoms with van der Waals surface area (Å²) in [6.45, 7) is 4.26. The molecule has 2 aromatic rings. The molecule has 0 radical (unpaired) electrons. The lowest BCUT2D eigenvalue weighted by Gasteiger charge is -2.34. The van der Waals surface area contributed by atoms with E-state index < -0.39 is 23.0 Å². The van der Waals surface area contributed by atoms with Crippen LogP contribution in [0.15, 0.2) is 78.4 Å². The van der Waals surface area contributed by atoms with E-state index >= 15 is 8.78 Å². The van der Waals surface area contributed by atoms with E-state index in [0.29, 0.717) is 12.8 Å². The first kappa shape index (κ1) is 23.4. The number of halogens is 2. The fourth-order valence-electron chi connectivity index (χ4n) is 4.76. The van der Waals surface area contributed by atoms with Gasteiger partial charge in [0.1, 0.15) is 11.7 Å². The Kier molecular flexibility index (Phi) is 8.63. The van der Waals surface area contributed by atoms with E-state index in [1.54, 1.807) is 0 Å². The zero-order chi connectivity index (χ0) is 22.1. The number of benzene rings is 2. The monoisotopic (exact) mass is 422 g/mol. The molecule has 0 N–H and O–H groups in total. The summed E-state index contributed by atoms with van der Waals surface area (Å²) in [5.41, 5.74) is 2.24. The summed E-state index contributed by atoms with van der Waals surface area (Å²) in [6, 6.07) is 17.9. The van der Waals surface area contributed by atoms with Crippen molar-refractivity contribution in [2.45, 2.75) is 77.6 Å². The molecule has 166 valence electrons. The SMILES string of the molecule is CCCCCCCCC1(CCC)C=CC(c2ccc(-c3ccccc3)cc2)C(F)=C1F. The molecule has 0 saturated heterocycles. The fraction of sp³-hybridized carbons (Fsp3) is 0.448. The van der Waals surface area contributed by atoms with Crippen LogP contribution in [0.4, 0.5) is 8.78 Å². The third-order valence-corrected chi connectivity index (χ3v) is 6.58. The van der Waals surface area contributed by atoms with Crippen molar-refractivity contribution in [1.82, 2.24) is 0 Å². The summed E-state index contributed by atoms with van der Waals surface area (Å²) < 4.78 is 30.7. The number of hydrogen-bond donors (Lipinski definition) is 0. The average molecular weight is 423 g/mol. The highest BCUT2D eigenvalue weighted by atomic mass is 19.2. The van der Waals surface area contributed by atoms with Gasteiger partial charge in [-0.15, -0.1) is 0 Å². The minimum absolute atomic E-state index is 0.539. The van der Waals surface area contributed by atoms with Crippen LogP contribution < -0.4 is 0 Å². The van der Waals surface area contributed by atoms with Gasteiger partial charge in [0.15, 0.2) is 0 Å². The van der Waals surface area contributed by atoms with Crippen LogP contribution in [-0.4, -0.2) is 0 Å². The predicted molar refractivity (Wildman–Crippen MR) is 128 cm³/mol. The second-order valence-electron chi connectivity index (χ2n) is 8.91. The number of allylic oxidation sites excluding steroid dienone is 4. The zero-order valence-corrected chi connectivity index (χ0v) is 19.0. The largest absolute Gasteiger partial charge is 0.208 e. The Morgan fingerprint density at radius 1 is 0.710 bits per heavy atom. The summed E-state index contributed by atoms with van der Waals surface area (Å²) >= 11 is 0. The summed E-state index contributed by atoms with van der Waals surface area (Å²) in [7, 11) is 0. The van der Waals surface area contributed by atoms with Crippen LogP contribution in [0.3, 0.4) is 0 Å². The second kappa shape index (κ2) is 11.4. The fourth-order valence-corrected chi connectivity index (χ4v) is 4.76. The molecule has 3 rings (SSSR count). The van der Waals surface area contributed by atoms with Gasteiger partial charge in [-0.05, 0) is 29.5 Å². The van der Waals surface area contributed by atoms with Crippen LogP contribution in [0.1, 0.15) is 83.1 Å². The third kappa shape index (κ3) is 5.73. The van der Waals surface area contributed by atoms with Crippen molar-refractivity contribution >= 4 is 0 Å². The lowest BCUT2D eigenvalue weighted by molar-refractivity contribution is 0.272. The Morgan fingerprint density at radius 2 is 1.35 bits per heavy atom. The summed E-state index contributed by atoms with van der Waals surface area (Å²) in [4.78, 5) is 0. The summed E-state index contributed by atoms with van der Waals surface area (Å²) in [5, 5.41) is 0. The van der Waals surface area contributed by atoms with Gasteiger partial charge in [-0.25, -0.2) is 8.78 Å². The lowest BCUT2D eigenvalue weighted by atomic mass is 9.72. The second-order valence-corrected chi connectivity index (χ2v) is 8.91. The predicted octanol–water partition coefficient (Wildman–Crippen LogP) is 9.69. The summed E-state index contributed by atoms with van der Waals surface area (Å²) in [6.07, 6.45) is 13.0. The van der Waals surface area contributed by atoms with E-state index in [-0.39, 0.29) is 0 Å². The first-order valence-electron chi connectivity index (χ1n) is 12.0. The van der Waals surface area contributed by atoms with Crippen molar-refractivity contribution < 1.29 is 8.78 Å². The van der Waals surface area contributed by atoms with Crippen LogP contribution in [0.25, 0.3) is 11.1 Å². The molecule has 0 aromatic heterocycles. The molecule has 2 atom stereocenters. The van der Waals surface area contributed by atoms with Crippen LogP contribution in [0.5, 0.6) is 0 Å². The molecule has 0 nitrogen and oxygen atoms in total. The van der Waals surface area contributed by atoms with Crippen molar-refractivity contribution in [3.05, 3.63) is 84.0 Å². The normalized spacial score (nSPS) is 21.0. The highest BCUT2D eigenvalue weighted by Gasteiger charge is 2.39. The Morgan fingerprint density at radius 3 is 2.03 bits per heavy atom. The summed E-state index contributed by atoms with van der Waals surface area (Å²) in [5.74, 6) is -1.77. The molecule has 0 heterocycles.